The molecule has 1 nitrogen and oxygen atoms in total. The van der Waals surface area contributed by atoms with Crippen molar-refractivity contribution >= 4 is 0 Å². The molecule has 0 aliphatic heterocycles. The van der Waals surface area contributed by atoms with Gasteiger partial charge in [0.05, 0.1) is 12.4 Å². The van der Waals surface area contributed by atoms with Gasteiger partial charge in [-0.05, 0) is 58.1 Å². The molecule has 1 rings (SSSR count). The lowest BCUT2D eigenvalue weighted by Crippen LogP contribution is -2.00. The van der Waals surface area contributed by atoms with E-state index in [2.05, 4.69) is 27.7 Å². The SMILES string of the molecule is CCO/C1=C(C)/C(C)=C(/C)CCCCCCCC1. The summed E-state index contributed by atoms with van der Waals surface area (Å²) in [5, 5.41) is 0. The maximum absolute atomic E-state index is 5.86. The van der Waals surface area contributed by atoms with Gasteiger partial charge in [-0.15, -0.1) is 0 Å². The summed E-state index contributed by atoms with van der Waals surface area (Å²) < 4.78 is 5.86. The van der Waals surface area contributed by atoms with E-state index in [1.54, 1.807) is 5.57 Å². The standard InChI is InChI=1S/C17H30O/c1-5-18-17-13-11-9-7-6-8-10-12-14(2)15(3)16(17)4/h5-13H2,1-4H3/b15-14-,17-16+. The Morgan fingerprint density at radius 1 is 0.778 bits per heavy atom. The van der Waals surface area contributed by atoms with Crippen LogP contribution in [0.4, 0.5) is 0 Å². The molecule has 0 spiro atoms. The number of rotatable bonds is 2. The summed E-state index contributed by atoms with van der Waals surface area (Å²) in [6, 6.07) is 0. The van der Waals surface area contributed by atoms with Crippen molar-refractivity contribution < 1.29 is 4.74 Å². The van der Waals surface area contributed by atoms with Gasteiger partial charge in [-0.2, -0.15) is 0 Å². The summed E-state index contributed by atoms with van der Waals surface area (Å²) in [5.41, 5.74) is 4.39. The van der Waals surface area contributed by atoms with E-state index in [1.165, 1.54) is 61.9 Å². The predicted molar refractivity (Wildman–Crippen MR) is 79.6 cm³/mol. The molecule has 0 saturated heterocycles. The first-order valence-electron chi connectivity index (χ1n) is 7.66. The highest BCUT2D eigenvalue weighted by Gasteiger charge is 2.09. The van der Waals surface area contributed by atoms with Gasteiger partial charge in [0.2, 0.25) is 0 Å². The predicted octanol–water partition coefficient (Wildman–Crippen LogP) is 5.77. The molecule has 0 unspecified atom stereocenters. The maximum Gasteiger partial charge on any atom is 0.0991 e. The third-order valence-electron chi connectivity index (χ3n) is 4.15. The highest BCUT2D eigenvalue weighted by atomic mass is 16.5. The van der Waals surface area contributed by atoms with Crippen LogP contribution in [0, 0.1) is 0 Å². The average molecular weight is 250 g/mol. The number of allylic oxidation sites excluding steroid dienone is 4. The van der Waals surface area contributed by atoms with Gasteiger partial charge in [0.1, 0.15) is 0 Å². The van der Waals surface area contributed by atoms with Gasteiger partial charge < -0.3 is 4.74 Å². The van der Waals surface area contributed by atoms with E-state index in [0.29, 0.717) is 0 Å². The van der Waals surface area contributed by atoms with Crippen molar-refractivity contribution in [3.63, 3.8) is 0 Å². The smallest absolute Gasteiger partial charge is 0.0991 e. The first kappa shape index (κ1) is 15.3. The van der Waals surface area contributed by atoms with Crippen LogP contribution >= 0.6 is 0 Å². The molecule has 1 heteroatoms. The second kappa shape index (κ2) is 8.39. The van der Waals surface area contributed by atoms with Crippen molar-refractivity contribution in [1.29, 1.82) is 0 Å². The fourth-order valence-corrected chi connectivity index (χ4v) is 2.64. The summed E-state index contributed by atoms with van der Waals surface area (Å²) in [6.45, 7) is 9.65. The van der Waals surface area contributed by atoms with Crippen LogP contribution in [0.25, 0.3) is 0 Å². The minimum absolute atomic E-state index is 0.791. The zero-order valence-electron chi connectivity index (χ0n) is 12.8. The maximum atomic E-state index is 5.86. The average Bonchev–Trinajstić information content (AvgIpc) is 2.37. The Labute approximate surface area is 113 Å². The van der Waals surface area contributed by atoms with Crippen LogP contribution in [-0.4, -0.2) is 6.61 Å². The molecule has 0 radical (unpaired) electrons. The molecule has 0 atom stereocenters. The van der Waals surface area contributed by atoms with E-state index in [1.807, 2.05) is 0 Å². The van der Waals surface area contributed by atoms with Crippen molar-refractivity contribution in [2.75, 3.05) is 6.61 Å². The van der Waals surface area contributed by atoms with Gasteiger partial charge >= 0.3 is 0 Å². The highest BCUT2D eigenvalue weighted by molar-refractivity contribution is 5.33. The summed E-state index contributed by atoms with van der Waals surface area (Å²) in [6.07, 6.45) is 10.5. The van der Waals surface area contributed by atoms with Crippen molar-refractivity contribution in [2.24, 2.45) is 0 Å². The largest absolute Gasteiger partial charge is 0.498 e. The number of hydrogen-bond donors (Lipinski definition) is 0. The van der Waals surface area contributed by atoms with Gasteiger partial charge in [0, 0.05) is 6.42 Å². The lowest BCUT2D eigenvalue weighted by atomic mass is 9.95. The summed E-state index contributed by atoms with van der Waals surface area (Å²) in [5.74, 6) is 1.23. The highest BCUT2D eigenvalue weighted by Crippen LogP contribution is 2.26. The molecular formula is C17H30O. The van der Waals surface area contributed by atoms with Crippen LogP contribution in [0.1, 0.15) is 79.1 Å². The molecule has 1 aliphatic rings. The van der Waals surface area contributed by atoms with Gasteiger partial charge in [-0.3, -0.25) is 0 Å². The quantitative estimate of drug-likeness (QED) is 0.604. The molecule has 0 aromatic rings. The van der Waals surface area contributed by atoms with Crippen LogP contribution in [0.2, 0.25) is 0 Å². The van der Waals surface area contributed by atoms with E-state index < -0.39 is 0 Å². The summed E-state index contributed by atoms with van der Waals surface area (Å²) >= 11 is 0. The second-order valence-electron chi connectivity index (χ2n) is 5.51. The fraction of sp³-hybridized carbons (Fsp3) is 0.765. The Morgan fingerprint density at radius 2 is 1.33 bits per heavy atom. The lowest BCUT2D eigenvalue weighted by molar-refractivity contribution is 0.213. The van der Waals surface area contributed by atoms with Crippen molar-refractivity contribution in [2.45, 2.75) is 79.1 Å². The Bertz CT molecular complexity index is 310. The zero-order valence-corrected chi connectivity index (χ0v) is 12.8. The van der Waals surface area contributed by atoms with Gasteiger partial charge in [0.25, 0.3) is 0 Å². The Hall–Kier alpha value is -0.720. The van der Waals surface area contributed by atoms with Gasteiger partial charge in [-0.1, -0.05) is 31.3 Å². The molecule has 18 heavy (non-hydrogen) atoms. The Balaban J connectivity index is 2.90. The number of hydrogen-bond acceptors (Lipinski definition) is 1. The molecular weight excluding hydrogens is 220 g/mol. The lowest BCUT2D eigenvalue weighted by Gasteiger charge is -2.17. The van der Waals surface area contributed by atoms with Crippen LogP contribution in [-0.2, 0) is 4.74 Å². The van der Waals surface area contributed by atoms with Crippen molar-refractivity contribution in [3.8, 4) is 0 Å². The molecule has 0 aromatic carbocycles. The van der Waals surface area contributed by atoms with Crippen molar-refractivity contribution in [1.82, 2.24) is 0 Å². The fourth-order valence-electron chi connectivity index (χ4n) is 2.64. The molecule has 0 saturated carbocycles. The molecule has 0 bridgehead atoms. The molecule has 104 valence electrons. The van der Waals surface area contributed by atoms with E-state index in [9.17, 15) is 0 Å². The third kappa shape index (κ3) is 4.88. The zero-order chi connectivity index (χ0) is 13.4. The molecule has 0 heterocycles. The molecule has 0 N–H and O–H groups in total. The Morgan fingerprint density at radius 3 is 1.94 bits per heavy atom. The Kier molecular flexibility index (Phi) is 7.15. The van der Waals surface area contributed by atoms with Crippen LogP contribution in [0.15, 0.2) is 22.5 Å². The van der Waals surface area contributed by atoms with Crippen LogP contribution in [0.5, 0.6) is 0 Å². The van der Waals surface area contributed by atoms with E-state index in [4.69, 9.17) is 4.74 Å². The third-order valence-corrected chi connectivity index (χ3v) is 4.15. The van der Waals surface area contributed by atoms with E-state index in [0.717, 1.165) is 13.0 Å². The summed E-state index contributed by atoms with van der Waals surface area (Å²) in [7, 11) is 0. The second-order valence-corrected chi connectivity index (χ2v) is 5.51. The van der Waals surface area contributed by atoms with Crippen LogP contribution < -0.4 is 0 Å². The normalized spacial score (nSPS) is 28.4. The van der Waals surface area contributed by atoms with E-state index >= 15 is 0 Å². The molecule has 0 aromatic heterocycles. The minimum Gasteiger partial charge on any atom is -0.498 e. The molecule has 1 aliphatic carbocycles. The van der Waals surface area contributed by atoms with Crippen LogP contribution in [0.3, 0.4) is 0 Å². The molecule has 0 fully saturated rings. The molecule has 0 amide bonds. The first-order chi connectivity index (χ1) is 8.66. The number of ether oxygens (including phenoxy) is 1. The van der Waals surface area contributed by atoms with Crippen molar-refractivity contribution in [3.05, 3.63) is 22.5 Å². The minimum atomic E-state index is 0.791. The van der Waals surface area contributed by atoms with E-state index in [-0.39, 0.29) is 0 Å². The van der Waals surface area contributed by atoms with Gasteiger partial charge in [-0.25, -0.2) is 0 Å². The topological polar surface area (TPSA) is 9.23 Å². The monoisotopic (exact) mass is 250 g/mol. The first-order valence-corrected chi connectivity index (χ1v) is 7.66. The summed E-state index contributed by atoms with van der Waals surface area (Å²) in [4.78, 5) is 0. The van der Waals surface area contributed by atoms with Gasteiger partial charge in [0.15, 0.2) is 0 Å².